The molecule has 0 aliphatic heterocycles. The molecule has 3 aromatic carbocycles. The molecule has 0 bridgehead atoms. The standard InChI is InChI=1S/C26H29ClN2O6S/c1-18(20-7-5-4-6-8-20)29-36(31,32)21-10-12-23(22(27)16-21)35-17-26(30)28-14-13-19-9-11-24(33-2)25(15-19)34-3/h4-12,15-16,18,29H,13-14,17H2,1-3H3,(H,28,30)/t18-/m0/s1. The summed E-state index contributed by atoms with van der Waals surface area (Å²) in [5, 5.41) is 2.86. The quantitative estimate of drug-likeness (QED) is 0.363. The van der Waals surface area contributed by atoms with Crippen molar-refractivity contribution < 1.29 is 27.4 Å². The van der Waals surface area contributed by atoms with Crippen LogP contribution in [0.25, 0.3) is 0 Å². The number of carbonyl (C=O) groups excluding carboxylic acids is 1. The second-order valence-electron chi connectivity index (χ2n) is 7.92. The van der Waals surface area contributed by atoms with Gasteiger partial charge in [-0.15, -0.1) is 0 Å². The highest BCUT2D eigenvalue weighted by Gasteiger charge is 2.20. The zero-order valence-electron chi connectivity index (χ0n) is 20.3. The number of amides is 1. The summed E-state index contributed by atoms with van der Waals surface area (Å²) in [5.41, 5.74) is 1.81. The van der Waals surface area contributed by atoms with Gasteiger partial charge in [0.15, 0.2) is 18.1 Å². The number of halogens is 1. The van der Waals surface area contributed by atoms with Crippen molar-refractivity contribution in [2.24, 2.45) is 0 Å². The summed E-state index contributed by atoms with van der Waals surface area (Å²) >= 11 is 6.24. The number of benzene rings is 3. The number of methoxy groups -OCH3 is 2. The summed E-state index contributed by atoms with van der Waals surface area (Å²) < 4.78 is 44.2. The molecular weight excluding hydrogens is 504 g/mol. The van der Waals surface area contributed by atoms with Crippen molar-refractivity contribution in [3.8, 4) is 17.2 Å². The highest BCUT2D eigenvalue weighted by Crippen LogP contribution is 2.29. The molecule has 0 aromatic heterocycles. The molecule has 1 atom stereocenters. The van der Waals surface area contributed by atoms with Crippen LogP contribution in [0.3, 0.4) is 0 Å². The molecule has 8 nitrogen and oxygen atoms in total. The Kier molecular flexibility index (Phi) is 9.58. The maximum Gasteiger partial charge on any atom is 0.257 e. The van der Waals surface area contributed by atoms with Gasteiger partial charge in [-0.2, -0.15) is 0 Å². The number of rotatable bonds is 12. The second-order valence-corrected chi connectivity index (χ2v) is 10.0. The normalized spacial score (nSPS) is 12.0. The van der Waals surface area contributed by atoms with Gasteiger partial charge >= 0.3 is 0 Å². The molecule has 0 radical (unpaired) electrons. The Labute approximate surface area is 216 Å². The Bertz CT molecular complexity index is 1280. The lowest BCUT2D eigenvalue weighted by molar-refractivity contribution is -0.123. The van der Waals surface area contributed by atoms with E-state index < -0.39 is 16.1 Å². The molecule has 0 saturated heterocycles. The van der Waals surface area contributed by atoms with Crippen LogP contribution >= 0.6 is 11.6 Å². The van der Waals surface area contributed by atoms with Gasteiger partial charge in [-0.3, -0.25) is 4.79 Å². The van der Waals surface area contributed by atoms with Crippen molar-refractivity contribution in [2.75, 3.05) is 27.4 Å². The second kappa shape index (κ2) is 12.6. The number of sulfonamides is 1. The molecule has 3 aromatic rings. The van der Waals surface area contributed by atoms with Gasteiger partial charge in [0.1, 0.15) is 5.75 Å². The van der Waals surface area contributed by atoms with E-state index in [4.69, 9.17) is 25.8 Å². The Morgan fingerprint density at radius 3 is 2.31 bits per heavy atom. The highest BCUT2D eigenvalue weighted by molar-refractivity contribution is 7.89. The van der Waals surface area contributed by atoms with E-state index >= 15 is 0 Å². The van der Waals surface area contributed by atoms with Crippen LogP contribution < -0.4 is 24.2 Å². The average Bonchev–Trinajstić information content (AvgIpc) is 2.88. The van der Waals surface area contributed by atoms with Crippen LogP contribution in [0.2, 0.25) is 5.02 Å². The molecule has 36 heavy (non-hydrogen) atoms. The summed E-state index contributed by atoms with van der Waals surface area (Å²) in [4.78, 5) is 12.2. The largest absolute Gasteiger partial charge is 0.493 e. The number of hydrogen-bond donors (Lipinski definition) is 2. The molecule has 0 spiro atoms. The zero-order chi connectivity index (χ0) is 26.1. The minimum atomic E-state index is -3.81. The van der Waals surface area contributed by atoms with Crippen LogP contribution in [0.4, 0.5) is 0 Å². The van der Waals surface area contributed by atoms with E-state index in [1.54, 1.807) is 21.1 Å². The molecule has 0 fully saturated rings. The molecule has 0 unspecified atom stereocenters. The van der Waals surface area contributed by atoms with Gasteiger partial charge in [-0.25, -0.2) is 13.1 Å². The van der Waals surface area contributed by atoms with Gasteiger partial charge in [-0.05, 0) is 54.8 Å². The first-order chi connectivity index (χ1) is 17.2. The lowest BCUT2D eigenvalue weighted by Crippen LogP contribution is -2.30. The molecule has 1 amide bonds. The summed E-state index contributed by atoms with van der Waals surface area (Å²) in [7, 11) is -0.678. The third-order valence-corrected chi connectivity index (χ3v) is 7.22. The van der Waals surface area contributed by atoms with Gasteiger partial charge in [0.2, 0.25) is 10.0 Å². The first-order valence-corrected chi connectivity index (χ1v) is 13.1. The smallest absolute Gasteiger partial charge is 0.257 e. The maximum absolute atomic E-state index is 12.8. The fourth-order valence-electron chi connectivity index (χ4n) is 3.45. The Balaban J connectivity index is 1.51. The average molecular weight is 533 g/mol. The van der Waals surface area contributed by atoms with Crippen LogP contribution in [0, 0.1) is 0 Å². The SMILES string of the molecule is COc1ccc(CCNC(=O)COc2ccc(S(=O)(=O)N[C@@H](C)c3ccccc3)cc2Cl)cc1OC. The van der Waals surface area contributed by atoms with Gasteiger partial charge < -0.3 is 19.5 Å². The number of ether oxygens (including phenoxy) is 3. The van der Waals surface area contributed by atoms with E-state index in [0.29, 0.717) is 24.5 Å². The molecule has 192 valence electrons. The third kappa shape index (κ3) is 7.36. The predicted molar refractivity (Wildman–Crippen MR) is 138 cm³/mol. The van der Waals surface area contributed by atoms with Gasteiger partial charge in [0.25, 0.3) is 5.91 Å². The molecule has 0 aliphatic rings. The number of nitrogens with one attached hydrogen (secondary N) is 2. The Morgan fingerprint density at radius 1 is 0.944 bits per heavy atom. The van der Waals surface area contributed by atoms with Gasteiger partial charge in [-0.1, -0.05) is 48.0 Å². The van der Waals surface area contributed by atoms with Crippen molar-refractivity contribution >= 4 is 27.5 Å². The van der Waals surface area contributed by atoms with Crippen LogP contribution in [-0.4, -0.2) is 41.7 Å². The topological polar surface area (TPSA) is 103 Å². The minimum absolute atomic E-state index is 0.00185. The van der Waals surface area contributed by atoms with E-state index in [1.807, 2.05) is 48.5 Å². The van der Waals surface area contributed by atoms with Crippen molar-refractivity contribution in [2.45, 2.75) is 24.3 Å². The van der Waals surface area contributed by atoms with E-state index in [1.165, 1.54) is 18.2 Å². The molecule has 0 aliphatic carbocycles. The highest BCUT2D eigenvalue weighted by atomic mass is 35.5. The van der Waals surface area contributed by atoms with Crippen molar-refractivity contribution in [1.82, 2.24) is 10.0 Å². The van der Waals surface area contributed by atoms with Crippen molar-refractivity contribution in [3.63, 3.8) is 0 Å². The van der Waals surface area contributed by atoms with Crippen molar-refractivity contribution in [3.05, 3.63) is 82.9 Å². The first-order valence-electron chi connectivity index (χ1n) is 11.2. The third-order valence-electron chi connectivity index (χ3n) is 5.39. The summed E-state index contributed by atoms with van der Waals surface area (Å²) in [6.45, 7) is 1.89. The summed E-state index contributed by atoms with van der Waals surface area (Å²) in [5.74, 6) is 1.13. The fourth-order valence-corrected chi connectivity index (χ4v) is 5.01. The summed E-state index contributed by atoms with van der Waals surface area (Å²) in [6, 6.07) is 18.5. The van der Waals surface area contributed by atoms with E-state index in [2.05, 4.69) is 10.0 Å². The predicted octanol–water partition coefficient (Wildman–Crippen LogP) is 4.13. The number of hydrogen-bond acceptors (Lipinski definition) is 6. The first kappa shape index (κ1) is 27.3. The fraction of sp³-hybridized carbons (Fsp3) is 0.269. The van der Waals surface area contributed by atoms with Crippen LogP contribution in [-0.2, 0) is 21.2 Å². The molecular formula is C26H29ClN2O6S. The van der Waals surface area contributed by atoms with Crippen molar-refractivity contribution in [1.29, 1.82) is 0 Å². The summed E-state index contributed by atoms with van der Waals surface area (Å²) in [6.07, 6.45) is 0.591. The maximum atomic E-state index is 12.8. The van der Waals surface area contributed by atoms with Gasteiger partial charge in [0.05, 0.1) is 24.1 Å². The van der Waals surface area contributed by atoms with Gasteiger partial charge in [0, 0.05) is 12.6 Å². The Morgan fingerprint density at radius 2 is 1.64 bits per heavy atom. The minimum Gasteiger partial charge on any atom is -0.493 e. The molecule has 0 heterocycles. The molecule has 0 saturated carbocycles. The Hall–Kier alpha value is -3.27. The molecule has 3 rings (SSSR count). The number of carbonyl (C=O) groups is 1. The molecule has 10 heteroatoms. The van der Waals surface area contributed by atoms with Crippen LogP contribution in [0.1, 0.15) is 24.1 Å². The van der Waals surface area contributed by atoms with Crippen LogP contribution in [0.15, 0.2) is 71.6 Å². The zero-order valence-corrected chi connectivity index (χ0v) is 21.9. The lowest BCUT2D eigenvalue weighted by Gasteiger charge is -2.15. The van der Waals surface area contributed by atoms with Crippen LogP contribution in [0.5, 0.6) is 17.2 Å². The monoisotopic (exact) mass is 532 g/mol. The van der Waals surface area contributed by atoms with E-state index in [-0.39, 0.29) is 28.2 Å². The van der Waals surface area contributed by atoms with E-state index in [9.17, 15) is 13.2 Å². The van der Waals surface area contributed by atoms with E-state index in [0.717, 1.165) is 11.1 Å². The molecule has 2 N–H and O–H groups in total. The lowest BCUT2D eigenvalue weighted by atomic mass is 10.1.